The van der Waals surface area contributed by atoms with Crippen LogP contribution >= 0.6 is 11.6 Å². The molecule has 2 aromatic carbocycles. The summed E-state index contributed by atoms with van der Waals surface area (Å²) in [6.07, 6.45) is 0. The lowest BCUT2D eigenvalue weighted by atomic mass is 10.1. The number of para-hydroxylation sites is 1. The van der Waals surface area contributed by atoms with Gasteiger partial charge in [0.1, 0.15) is 18.2 Å². The van der Waals surface area contributed by atoms with Crippen LogP contribution in [-0.2, 0) is 6.54 Å². The molecular weight excluding hydrogens is 265 g/mol. The molecule has 0 amide bonds. The summed E-state index contributed by atoms with van der Waals surface area (Å²) in [5.41, 5.74) is 1.68. The zero-order chi connectivity index (χ0) is 13.2. The van der Waals surface area contributed by atoms with Gasteiger partial charge in [-0.25, -0.2) is 4.39 Å². The van der Waals surface area contributed by atoms with E-state index < -0.39 is 0 Å². The van der Waals surface area contributed by atoms with Crippen LogP contribution in [0, 0.1) is 5.82 Å². The van der Waals surface area contributed by atoms with Crippen molar-refractivity contribution in [1.82, 2.24) is 5.32 Å². The third kappa shape index (κ3) is 2.57. The van der Waals surface area contributed by atoms with E-state index in [1.807, 2.05) is 24.3 Å². The van der Waals surface area contributed by atoms with Crippen molar-refractivity contribution < 1.29 is 9.13 Å². The highest BCUT2D eigenvalue weighted by Gasteiger charge is 2.23. The Morgan fingerprint density at radius 1 is 1.26 bits per heavy atom. The topological polar surface area (TPSA) is 21.3 Å². The van der Waals surface area contributed by atoms with Crippen LogP contribution < -0.4 is 10.1 Å². The summed E-state index contributed by atoms with van der Waals surface area (Å²) in [6, 6.07) is 12.6. The first-order valence-corrected chi connectivity index (χ1v) is 6.51. The average Bonchev–Trinajstić information content (AvgIpc) is 2.83. The lowest BCUT2D eigenvalue weighted by Crippen LogP contribution is -2.22. The smallest absolute Gasteiger partial charge is 0.127 e. The standard InChI is InChI=1S/C15H13ClFNO/c16-11-5-6-13(17)10(7-11)8-18-14-9-19-15-4-2-1-3-12(14)15/h1-7,14,18H,8-9H2. The fourth-order valence-corrected chi connectivity index (χ4v) is 2.44. The lowest BCUT2D eigenvalue weighted by molar-refractivity contribution is 0.310. The number of benzene rings is 2. The quantitative estimate of drug-likeness (QED) is 0.924. The second-order valence-corrected chi connectivity index (χ2v) is 4.95. The van der Waals surface area contributed by atoms with Gasteiger partial charge in [0.2, 0.25) is 0 Å². The van der Waals surface area contributed by atoms with E-state index in [1.54, 1.807) is 12.1 Å². The van der Waals surface area contributed by atoms with Crippen molar-refractivity contribution >= 4 is 11.6 Å². The first-order valence-electron chi connectivity index (χ1n) is 6.13. The molecule has 3 rings (SSSR count). The molecule has 0 fully saturated rings. The Morgan fingerprint density at radius 3 is 3.00 bits per heavy atom. The van der Waals surface area contributed by atoms with Gasteiger partial charge in [0, 0.05) is 22.7 Å². The maximum absolute atomic E-state index is 13.6. The molecule has 19 heavy (non-hydrogen) atoms. The highest BCUT2D eigenvalue weighted by atomic mass is 35.5. The largest absolute Gasteiger partial charge is 0.491 e. The van der Waals surface area contributed by atoms with Crippen molar-refractivity contribution in [3.05, 3.63) is 64.4 Å². The second kappa shape index (κ2) is 5.19. The molecule has 0 saturated carbocycles. The molecule has 1 aliphatic heterocycles. The van der Waals surface area contributed by atoms with Gasteiger partial charge in [0.05, 0.1) is 6.04 Å². The minimum absolute atomic E-state index is 0.0922. The first-order chi connectivity index (χ1) is 9.24. The molecule has 1 heterocycles. The molecule has 0 aliphatic carbocycles. The SMILES string of the molecule is Fc1ccc(Cl)cc1CNC1COc2ccccc21. The van der Waals surface area contributed by atoms with Crippen LogP contribution in [-0.4, -0.2) is 6.61 Å². The third-order valence-corrected chi connectivity index (χ3v) is 3.48. The summed E-state index contributed by atoms with van der Waals surface area (Å²) in [4.78, 5) is 0. The van der Waals surface area contributed by atoms with Gasteiger partial charge in [-0.1, -0.05) is 29.8 Å². The summed E-state index contributed by atoms with van der Waals surface area (Å²) in [7, 11) is 0. The number of nitrogens with one attached hydrogen (secondary N) is 1. The van der Waals surface area contributed by atoms with E-state index in [-0.39, 0.29) is 11.9 Å². The van der Waals surface area contributed by atoms with Crippen LogP contribution in [0.3, 0.4) is 0 Å². The Balaban J connectivity index is 1.72. The molecule has 0 radical (unpaired) electrons. The summed E-state index contributed by atoms with van der Waals surface area (Å²) in [5.74, 6) is 0.649. The fourth-order valence-electron chi connectivity index (χ4n) is 2.24. The number of rotatable bonds is 3. The highest BCUT2D eigenvalue weighted by molar-refractivity contribution is 6.30. The van der Waals surface area contributed by atoms with Crippen LogP contribution in [0.15, 0.2) is 42.5 Å². The van der Waals surface area contributed by atoms with Crippen molar-refractivity contribution in [2.24, 2.45) is 0 Å². The van der Waals surface area contributed by atoms with E-state index >= 15 is 0 Å². The Morgan fingerprint density at radius 2 is 2.11 bits per heavy atom. The lowest BCUT2D eigenvalue weighted by Gasteiger charge is -2.12. The van der Waals surface area contributed by atoms with Crippen LogP contribution in [0.25, 0.3) is 0 Å². The second-order valence-electron chi connectivity index (χ2n) is 4.52. The van der Waals surface area contributed by atoms with E-state index in [0.717, 1.165) is 11.3 Å². The number of ether oxygens (including phenoxy) is 1. The van der Waals surface area contributed by atoms with E-state index in [0.29, 0.717) is 23.7 Å². The molecule has 0 aromatic heterocycles. The van der Waals surface area contributed by atoms with Crippen molar-refractivity contribution in [3.63, 3.8) is 0 Å². The Kier molecular flexibility index (Phi) is 3.40. The van der Waals surface area contributed by atoms with E-state index in [4.69, 9.17) is 16.3 Å². The number of halogens is 2. The molecule has 0 saturated heterocycles. The van der Waals surface area contributed by atoms with Crippen molar-refractivity contribution in [1.29, 1.82) is 0 Å². The molecule has 4 heteroatoms. The van der Waals surface area contributed by atoms with Crippen LogP contribution in [0.4, 0.5) is 4.39 Å². The number of hydrogen-bond acceptors (Lipinski definition) is 2. The van der Waals surface area contributed by atoms with Crippen molar-refractivity contribution in [2.75, 3.05) is 6.61 Å². The van der Waals surface area contributed by atoms with Gasteiger partial charge >= 0.3 is 0 Å². The number of hydrogen-bond donors (Lipinski definition) is 1. The maximum atomic E-state index is 13.6. The van der Waals surface area contributed by atoms with Gasteiger partial charge < -0.3 is 10.1 Å². The molecule has 1 aliphatic rings. The number of fused-ring (bicyclic) bond motifs is 1. The summed E-state index contributed by atoms with van der Waals surface area (Å²) in [5, 5.41) is 3.84. The van der Waals surface area contributed by atoms with Crippen molar-refractivity contribution in [2.45, 2.75) is 12.6 Å². The maximum Gasteiger partial charge on any atom is 0.127 e. The normalized spacial score (nSPS) is 17.1. The van der Waals surface area contributed by atoms with E-state index in [1.165, 1.54) is 6.07 Å². The zero-order valence-electron chi connectivity index (χ0n) is 10.2. The summed E-state index contributed by atoms with van der Waals surface area (Å²) in [6.45, 7) is 0.996. The van der Waals surface area contributed by atoms with Gasteiger partial charge in [-0.3, -0.25) is 0 Å². The molecule has 98 valence electrons. The summed E-state index contributed by atoms with van der Waals surface area (Å²) < 4.78 is 19.2. The van der Waals surface area contributed by atoms with Gasteiger partial charge in [-0.2, -0.15) is 0 Å². The third-order valence-electron chi connectivity index (χ3n) is 3.25. The van der Waals surface area contributed by atoms with Crippen LogP contribution in [0.1, 0.15) is 17.2 Å². The van der Waals surface area contributed by atoms with Gasteiger partial charge in [0.25, 0.3) is 0 Å². The average molecular weight is 278 g/mol. The Labute approximate surface area is 116 Å². The minimum Gasteiger partial charge on any atom is -0.491 e. The van der Waals surface area contributed by atoms with Gasteiger partial charge in [-0.15, -0.1) is 0 Å². The van der Waals surface area contributed by atoms with Crippen LogP contribution in [0.2, 0.25) is 5.02 Å². The van der Waals surface area contributed by atoms with E-state index in [9.17, 15) is 4.39 Å². The molecule has 2 aromatic rings. The van der Waals surface area contributed by atoms with Gasteiger partial charge in [-0.05, 0) is 24.3 Å². The Bertz CT molecular complexity index is 602. The molecular formula is C15H13ClFNO. The minimum atomic E-state index is -0.246. The van der Waals surface area contributed by atoms with Gasteiger partial charge in [0.15, 0.2) is 0 Å². The van der Waals surface area contributed by atoms with Crippen molar-refractivity contribution in [3.8, 4) is 5.75 Å². The van der Waals surface area contributed by atoms with Crippen LogP contribution in [0.5, 0.6) is 5.75 Å². The molecule has 2 nitrogen and oxygen atoms in total. The molecule has 0 bridgehead atoms. The predicted octanol–water partition coefficient (Wildman–Crippen LogP) is 3.70. The Hall–Kier alpha value is -1.58. The first kappa shape index (κ1) is 12.5. The molecule has 1 atom stereocenters. The fraction of sp³-hybridized carbons (Fsp3) is 0.200. The zero-order valence-corrected chi connectivity index (χ0v) is 11.0. The molecule has 1 N–H and O–H groups in total. The molecule has 0 spiro atoms. The predicted molar refractivity (Wildman–Crippen MR) is 72.9 cm³/mol. The summed E-state index contributed by atoms with van der Waals surface area (Å²) >= 11 is 5.87. The van der Waals surface area contributed by atoms with E-state index in [2.05, 4.69) is 5.32 Å². The highest BCUT2D eigenvalue weighted by Crippen LogP contribution is 2.31. The monoisotopic (exact) mass is 277 g/mol. The molecule has 1 unspecified atom stereocenters.